The van der Waals surface area contributed by atoms with E-state index in [2.05, 4.69) is 34.8 Å². The SMILES string of the molecule is CCCCNC(=NCc1cccc(NC(=O)CC(C)C)c1)NCC.I. The second-order valence-electron chi connectivity index (χ2n) is 6.32. The van der Waals surface area contributed by atoms with Crippen LogP contribution >= 0.6 is 24.0 Å². The number of hydrogen-bond donors (Lipinski definition) is 3. The minimum absolute atomic E-state index is 0. The van der Waals surface area contributed by atoms with E-state index in [9.17, 15) is 4.79 Å². The fourth-order valence-corrected chi connectivity index (χ4v) is 2.23. The lowest BCUT2D eigenvalue weighted by molar-refractivity contribution is -0.116. The lowest BCUT2D eigenvalue weighted by Gasteiger charge is -2.11. The van der Waals surface area contributed by atoms with E-state index in [1.807, 2.05) is 38.1 Å². The van der Waals surface area contributed by atoms with E-state index in [1.54, 1.807) is 0 Å². The van der Waals surface area contributed by atoms with Crippen LogP contribution in [0.15, 0.2) is 29.3 Å². The number of carbonyl (C=O) groups is 1. The number of unbranched alkanes of at least 4 members (excludes halogenated alkanes) is 1. The second kappa shape index (κ2) is 13.9. The summed E-state index contributed by atoms with van der Waals surface area (Å²) in [6.07, 6.45) is 2.82. The fourth-order valence-electron chi connectivity index (χ4n) is 2.23. The van der Waals surface area contributed by atoms with Crippen LogP contribution in [0.5, 0.6) is 0 Å². The molecule has 0 saturated carbocycles. The largest absolute Gasteiger partial charge is 0.357 e. The van der Waals surface area contributed by atoms with Crippen LogP contribution in [0.1, 0.15) is 52.5 Å². The molecular weight excluding hydrogens is 427 g/mol. The number of nitrogens with zero attached hydrogens (tertiary/aromatic N) is 1. The molecule has 0 aromatic heterocycles. The van der Waals surface area contributed by atoms with E-state index in [0.29, 0.717) is 18.9 Å². The van der Waals surface area contributed by atoms with Crippen LogP contribution in [0.4, 0.5) is 5.69 Å². The quantitative estimate of drug-likeness (QED) is 0.225. The molecule has 3 N–H and O–H groups in total. The molecule has 0 aliphatic carbocycles. The van der Waals surface area contributed by atoms with Crippen molar-refractivity contribution in [1.29, 1.82) is 0 Å². The zero-order chi connectivity index (χ0) is 17.8. The molecule has 0 saturated heterocycles. The number of guanidine groups is 1. The van der Waals surface area contributed by atoms with Gasteiger partial charge in [-0.05, 0) is 37.0 Å². The van der Waals surface area contributed by atoms with Gasteiger partial charge in [-0.25, -0.2) is 4.99 Å². The van der Waals surface area contributed by atoms with Crippen molar-refractivity contribution in [2.45, 2.75) is 53.5 Å². The standard InChI is InChI=1S/C19H32N4O.HI/c1-5-7-11-21-19(20-6-2)22-14-16-9-8-10-17(13-16)23-18(24)12-15(3)4;/h8-10,13,15H,5-7,11-12,14H2,1-4H3,(H,23,24)(H2,20,21,22);1H. The van der Waals surface area contributed by atoms with Crippen molar-refractivity contribution in [2.24, 2.45) is 10.9 Å². The van der Waals surface area contributed by atoms with Gasteiger partial charge >= 0.3 is 0 Å². The lowest BCUT2D eigenvalue weighted by Crippen LogP contribution is -2.37. The molecule has 6 heteroatoms. The predicted molar refractivity (Wildman–Crippen MR) is 118 cm³/mol. The van der Waals surface area contributed by atoms with E-state index in [0.717, 1.165) is 43.1 Å². The first kappa shape index (κ1) is 23.7. The molecule has 1 aromatic rings. The molecule has 25 heavy (non-hydrogen) atoms. The van der Waals surface area contributed by atoms with E-state index in [-0.39, 0.29) is 29.9 Å². The molecule has 0 aliphatic rings. The number of benzene rings is 1. The zero-order valence-electron chi connectivity index (χ0n) is 15.9. The van der Waals surface area contributed by atoms with Crippen LogP contribution in [0.2, 0.25) is 0 Å². The summed E-state index contributed by atoms with van der Waals surface area (Å²) in [5.74, 6) is 1.25. The topological polar surface area (TPSA) is 65.5 Å². The highest BCUT2D eigenvalue weighted by Crippen LogP contribution is 2.13. The summed E-state index contributed by atoms with van der Waals surface area (Å²) < 4.78 is 0. The molecule has 0 spiro atoms. The molecule has 5 nitrogen and oxygen atoms in total. The molecule has 1 rings (SSSR count). The summed E-state index contributed by atoms with van der Waals surface area (Å²) in [7, 11) is 0. The van der Waals surface area contributed by atoms with Gasteiger partial charge in [0.15, 0.2) is 5.96 Å². The Kier molecular flexibility index (Phi) is 13.2. The minimum Gasteiger partial charge on any atom is -0.357 e. The summed E-state index contributed by atoms with van der Waals surface area (Å²) >= 11 is 0. The van der Waals surface area contributed by atoms with Crippen LogP contribution in [-0.4, -0.2) is 25.0 Å². The molecule has 0 aliphatic heterocycles. The van der Waals surface area contributed by atoms with Crippen molar-refractivity contribution < 1.29 is 4.79 Å². The lowest BCUT2D eigenvalue weighted by atomic mass is 10.1. The van der Waals surface area contributed by atoms with E-state index in [1.165, 1.54) is 0 Å². The molecule has 142 valence electrons. The Bertz CT molecular complexity index is 532. The molecule has 1 amide bonds. The van der Waals surface area contributed by atoms with Gasteiger partial charge in [-0.15, -0.1) is 24.0 Å². The molecular formula is C19H33IN4O. The average Bonchev–Trinajstić information content (AvgIpc) is 2.52. The molecule has 0 radical (unpaired) electrons. The predicted octanol–water partition coefficient (Wildman–Crippen LogP) is 4.14. The van der Waals surface area contributed by atoms with Gasteiger partial charge in [0.1, 0.15) is 0 Å². The van der Waals surface area contributed by atoms with Crippen molar-refractivity contribution in [1.82, 2.24) is 10.6 Å². The Balaban J connectivity index is 0.00000576. The van der Waals surface area contributed by atoms with Gasteiger partial charge < -0.3 is 16.0 Å². The van der Waals surface area contributed by atoms with Crippen molar-refractivity contribution >= 4 is 41.5 Å². The Labute approximate surface area is 169 Å². The molecule has 1 aromatic carbocycles. The molecule has 0 unspecified atom stereocenters. The Morgan fingerprint density at radius 2 is 1.96 bits per heavy atom. The highest BCUT2D eigenvalue weighted by molar-refractivity contribution is 14.0. The van der Waals surface area contributed by atoms with Gasteiger partial charge in [-0.2, -0.15) is 0 Å². The van der Waals surface area contributed by atoms with Gasteiger partial charge in [0.25, 0.3) is 0 Å². The van der Waals surface area contributed by atoms with Gasteiger partial charge in [-0.1, -0.05) is 39.3 Å². The molecule has 0 bridgehead atoms. The maximum absolute atomic E-state index is 11.9. The third-order valence-electron chi connectivity index (χ3n) is 3.39. The Morgan fingerprint density at radius 3 is 2.60 bits per heavy atom. The highest BCUT2D eigenvalue weighted by atomic mass is 127. The highest BCUT2D eigenvalue weighted by Gasteiger charge is 2.05. The summed E-state index contributed by atoms with van der Waals surface area (Å²) in [5.41, 5.74) is 1.90. The summed E-state index contributed by atoms with van der Waals surface area (Å²) in [6, 6.07) is 7.87. The number of halogens is 1. The minimum atomic E-state index is 0. The third kappa shape index (κ3) is 11.0. The third-order valence-corrected chi connectivity index (χ3v) is 3.39. The average molecular weight is 460 g/mol. The monoisotopic (exact) mass is 460 g/mol. The fraction of sp³-hybridized carbons (Fsp3) is 0.579. The number of carbonyl (C=O) groups excluding carboxylic acids is 1. The van der Waals surface area contributed by atoms with E-state index in [4.69, 9.17) is 0 Å². The normalized spacial score (nSPS) is 11.0. The first-order chi connectivity index (χ1) is 11.5. The van der Waals surface area contributed by atoms with Crippen molar-refractivity contribution in [2.75, 3.05) is 18.4 Å². The number of anilines is 1. The first-order valence-corrected chi connectivity index (χ1v) is 8.96. The number of hydrogen-bond acceptors (Lipinski definition) is 2. The van der Waals surface area contributed by atoms with Gasteiger partial charge in [0.2, 0.25) is 5.91 Å². The van der Waals surface area contributed by atoms with Crippen LogP contribution in [0.25, 0.3) is 0 Å². The van der Waals surface area contributed by atoms with Crippen molar-refractivity contribution in [3.63, 3.8) is 0 Å². The van der Waals surface area contributed by atoms with Crippen LogP contribution in [0, 0.1) is 5.92 Å². The van der Waals surface area contributed by atoms with E-state index < -0.39 is 0 Å². The Morgan fingerprint density at radius 1 is 1.20 bits per heavy atom. The van der Waals surface area contributed by atoms with Crippen LogP contribution < -0.4 is 16.0 Å². The van der Waals surface area contributed by atoms with Crippen LogP contribution in [-0.2, 0) is 11.3 Å². The van der Waals surface area contributed by atoms with E-state index >= 15 is 0 Å². The van der Waals surface area contributed by atoms with Crippen LogP contribution in [0.3, 0.4) is 0 Å². The van der Waals surface area contributed by atoms with Gasteiger partial charge in [-0.3, -0.25) is 4.79 Å². The maximum atomic E-state index is 11.9. The number of nitrogens with one attached hydrogen (secondary N) is 3. The maximum Gasteiger partial charge on any atom is 0.224 e. The number of rotatable bonds is 9. The number of aliphatic imine (C=N–C) groups is 1. The summed E-state index contributed by atoms with van der Waals surface area (Å²) in [5, 5.41) is 9.53. The first-order valence-electron chi connectivity index (χ1n) is 8.96. The molecule has 0 heterocycles. The summed E-state index contributed by atoms with van der Waals surface area (Å²) in [4.78, 5) is 16.5. The van der Waals surface area contributed by atoms with Crippen molar-refractivity contribution in [3.05, 3.63) is 29.8 Å². The van der Waals surface area contributed by atoms with Gasteiger partial charge in [0.05, 0.1) is 6.54 Å². The molecule has 0 fully saturated rings. The van der Waals surface area contributed by atoms with Gasteiger partial charge in [0, 0.05) is 25.2 Å². The zero-order valence-corrected chi connectivity index (χ0v) is 18.2. The number of amides is 1. The smallest absolute Gasteiger partial charge is 0.224 e. The molecule has 0 atom stereocenters. The Hall–Kier alpha value is -1.31. The van der Waals surface area contributed by atoms with Crippen molar-refractivity contribution in [3.8, 4) is 0 Å². The second-order valence-corrected chi connectivity index (χ2v) is 6.32. The summed E-state index contributed by atoms with van der Waals surface area (Å²) in [6.45, 7) is 10.6.